The number of nitrogens with one attached hydrogen (secondary N) is 2. The quantitative estimate of drug-likeness (QED) is 0.740. The van der Waals surface area contributed by atoms with Crippen LogP contribution in [-0.4, -0.2) is 97.0 Å². The molecule has 3 saturated heterocycles. The van der Waals surface area contributed by atoms with Crippen LogP contribution in [0.2, 0.25) is 0 Å². The molecule has 0 saturated carbocycles. The first-order valence-corrected chi connectivity index (χ1v) is 9.06. The number of alkyl halides is 2. The minimum Gasteiger partial charge on any atom is -0.338 e. The third-order valence-electron chi connectivity index (χ3n) is 5.33. The van der Waals surface area contributed by atoms with E-state index in [1.807, 2.05) is 6.92 Å². The number of nitrogens with zero attached hydrogens (tertiary/aromatic N) is 3. The van der Waals surface area contributed by atoms with Crippen molar-refractivity contribution in [3.05, 3.63) is 0 Å². The lowest BCUT2D eigenvalue weighted by molar-refractivity contribution is -0.133. The molecular formula is C16H27F2N5O2. The van der Waals surface area contributed by atoms with Crippen LogP contribution < -0.4 is 10.6 Å². The van der Waals surface area contributed by atoms with Gasteiger partial charge in [0, 0.05) is 58.3 Å². The summed E-state index contributed by atoms with van der Waals surface area (Å²) in [5, 5.41) is 6.00. The highest BCUT2D eigenvalue weighted by Crippen LogP contribution is 2.28. The predicted molar refractivity (Wildman–Crippen MR) is 88.6 cm³/mol. The van der Waals surface area contributed by atoms with Crippen LogP contribution in [0.4, 0.5) is 13.6 Å². The van der Waals surface area contributed by atoms with Gasteiger partial charge in [0.1, 0.15) is 0 Å². The monoisotopic (exact) mass is 359 g/mol. The normalized spacial score (nSPS) is 29.9. The molecule has 0 aliphatic carbocycles. The molecule has 0 radical (unpaired) electrons. The Bertz CT molecular complexity index is 511. The van der Waals surface area contributed by atoms with Crippen LogP contribution in [0.1, 0.15) is 19.8 Å². The van der Waals surface area contributed by atoms with Crippen LogP contribution >= 0.6 is 0 Å². The van der Waals surface area contributed by atoms with Crippen molar-refractivity contribution < 1.29 is 18.4 Å². The fourth-order valence-corrected chi connectivity index (χ4v) is 3.88. The maximum absolute atomic E-state index is 13.3. The highest BCUT2D eigenvalue weighted by atomic mass is 19.3. The Kier molecular flexibility index (Phi) is 5.43. The number of likely N-dealkylation sites (tertiary alicyclic amines) is 1. The molecule has 7 nitrogen and oxygen atoms in total. The Morgan fingerprint density at radius 1 is 1.16 bits per heavy atom. The lowest BCUT2D eigenvalue weighted by Crippen LogP contribution is -2.54. The van der Waals surface area contributed by atoms with E-state index < -0.39 is 12.5 Å². The highest BCUT2D eigenvalue weighted by Gasteiger charge is 2.43. The molecule has 9 heteroatoms. The van der Waals surface area contributed by atoms with Gasteiger partial charge in [0.25, 0.3) is 5.92 Å². The first kappa shape index (κ1) is 18.3. The standard InChI is InChI=1S/C16H27F2N5O2/c1-2-19-15(25)22-7-5-21(6-8-22)12-9-13(20-10-12)14(24)23-4-3-16(17,18)11-23/h12-13,20H,2-11H2,1H3,(H,19,25)/t12-,13-/m0/s1. The van der Waals surface area contributed by atoms with Gasteiger partial charge in [-0.05, 0) is 13.3 Å². The van der Waals surface area contributed by atoms with E-state index in [1.54, 1.807) is 4.90 Å². The van der Waals surface area contributed by atoms with Crippen molar-refractivity contribution in [3.8, 4) is 0 Å². The molecule has 2 atom stereocenters. The summed E-state index contributed by atoms with van der Waals surface area (Å²) in [5.74, 6) is -2.95. The molecule has 3 amide bonds. The molecule has 0 aromatic heterocycles. The molecule has 3 aliphatic rings. The molecule has 0 unspecified atom stereocenters. The number of piperazine rings is 1. The van der Waals surface area contributed by atoms with Gasteiger partial charge in [-0.2, -0.15) is 0 Å². The molecular weight excluding hydrogens is 332 g/mol. The van der Waals surface area contributed by atoms with Crippen molar-refractivity contribution in [1.82, 2.24) is 25.3 Å². The number of carbonyl (C=O) groups is 2. The topological polar surface area (TPSA) is 67.9 Å². The molecule has 25 heavy (non-hydrogen) atoms. The van der Waals surface area contributed by atoms with E-state index in [9.17, 15) is 18.4 Å². The van der Waals surface area contributed by atoms with Crippen molar-refractivity contribution >= 4 is 11.9 Å². The highest BCUT2D eigenvalue weighted by molar-refractivity contribution is 5.82. The number of hydrogen-bond acceptors (Lipinski definition) is 4. The van der Waals surface area contributed by atoms with Crippen LogP contribution in [0, 0.1) is 0 Å². The van der Waals surface area contributed by atoms with E-state index in [1.165, 1.54) is 4.90 Å². The SMILES string of the molecule is CCNC(=O)N1CCN([C@@H]2CN[C@H](C(=O)N3CCC(F)(F)C3)C2)CC1. The van der Waals surface area contributed by atoms with Crippen molar-refractivity contribution in [2.75, 3.05) is 52.4 Å². The van der Waals surface area contributed by atoms with Gasteiger partial charge in [0.2, 0.25) is 5.91 Å². The number of rotatable bonds is 3. The Morgan fingerprint density at radius 3 is 2.48 bits per heavy atom. The molecule has 3 fully saturated rings. The lowest BCUT2D eigenvalue weighted by atomic mass is 10.1. The average molecular weight is 359 g/mol. The van der Waals surface area contributed by atoms with Crippen molar-refractivity contribution in [1.29, 1.82) is 0 Å². The third kappa shape index (κ3) is 4.20. The minimum absolute atomic E-state index is 0.0327. The smallest absolute Gasteiger partial charge is 0.317 e. The van der Waals surface area contributed by atoms with Gasteiger partial charge < -0.3 is 20.4 Å². The van der Waals surface area contributed by atoms with E-state index >= 15 is 0 Å². The van der Waals surface area contributed by atoms with Crippen molar-refractivity contribution in [2.24, 2.45) is 0 Å². The summed E-state index contributed by atoms with van der Waals surface area (Å²) in [6.07, 6.45) is 0.402. The van der Waals surface area contributed by atoms with Gasteiger partial charge >= 0.3 is 6.03 Å². The number of carbonyl (C=O) groups excluding carboxylic acids is 2. The number of hydrogen-bond donors (Lipinski definition) is 2. The zero-order valence-electron chi connectivity index (χ0n) is 14.6. The average Bonchev–Trinajstić information content (AvgIpc) is 3.21. The number of urea groups is 1. The second-order valence-corrected chi connectivity index (χ2v) is 7.07. The first-order chi connectivity index (χ1) is 11.9. The van der Waals surface area contributed by atoms with Crippen LogP contribution in [-0.2, 0) is 4.79 Å². The van der Waals surface area contributed by atoms with Crippen LogP contribution in [0.5, 0.6) is 0 Å². The fourth-order valence-electron chi connectivity index (χ4n) is 3.88. The molecule has 0 aromatic carbocycles. The Hall–Kier alpha value is -1.48. The first-order valence-electron chi connectivity index (χ1n) is 9.06. The largest absolute Gasteiger partial charge is 0.338 e. The molecule has 2 N–H and O–H groups in total. The fraction of sp³-hybridized carbons (Fsp3) is 0.875. The maximum Gasteiger partial charge on any atom is 0.317 e. The van der Waals surface area contributed by atoms with Crippen molar-refractivity contribution in [2.45, 2.75) is 37.8 Å². The molecule has 3 heterocycles. The summed E-state index contributed by atoms with van der Waals surface area (Å²) in [4.78, 5) is 29.6. The van der Waals surface area contributed by atoms with E-state index in [-0.39, 0.29) is 37.0 Å². The second kappa shape index (κ2) is 7.41. The van der Waals surface area contributed by atoms with Crippen LogP contribution in [0.15, 0.2) is 0 Å². The Morgan fingerprint density at radius 2 is 1.88 bits per heavy atom. The summed E-state index contributed by atoms with van der Waals surface area (Å²) in [6, 6.07) is -0.191. The minimum atomic E-state index is -2.75. The lowest BCUT2D eigenvalue weighted by Gasteiger charge is -2.37. The summed E-state index contributed by atoms with van der Waals surface area (Å²) >= 11 is 0. The van der Waals surface area contributed by atoms with Crippen LogP contribution in [0.25, 0.3) is 0 Å². The molecule has 3 aliphatic heterocycles. The van der Waals surface area contributed by atoms with E-state index in [4.69, 9.17) is 0 Å². The maximum atomic E-state index is 13.3. The van der Waals surface area contributed by atoms with E-state index in [0.29, 0.717) is 32.6 Å². The van der Waals surface area contributed by atoms with Gasteiger partial charge in [-0.15, -0.1) is 0 Å². The summed E-state index contributed by atoms with van der Waals surface area (Å²) < 4.78 is 26.6. The molecule has 0 spiro atoms. The number of halogens is 2. The number of amides is 3. The molecule has 0 aromatic rings. The van der Waals surface area contributed by atoms with Gasteiger partial charge in [-0.1, -0.05) is 0 Å². The van der Waals surface area contributed by atoms with Gasteiger partial charge in [-0.25, -0.2) is 13.6 Å². The molecule has 142 valence electrons. The van der Waals surface area contributed by atoms with E-state index in [2.05, 4.69) is 15.5 Å². The third-order valence-corrected chi connectivity index (χ3v) is 5.33. The summed E-state index contributed by atoms with van der Waals surface area (Å²) in [7, 11) is 0. The van der Waals surface area contributed by atoms with Crippen molar-refractivity contribution in [3.63, 3.8) is 0 Å². The van der Waals surface area contributed by atoms with Gasteiger partial charge in [0.15, 0.2) is 0 Å². The summed E-state index contributed by atoms with van der Waals surface area (Å²) in [5.41, 5.74) is 0. The zero-order valence-corrected chi connectivity index (χ0v) is 14.6. The van der Waals surface area contributed by atoms with Gasteiger partial charge in [0.05, 0.1) is 12.6 Å². The Labute approximate surface area is 146 Å². The second-order valence-electron chi connectivity index (χ2n) is 7.07. The molecule has 0 bridgehead atoms. The molecule has 3 rings (SSSR count). The van der Waals surface area contributed by atoms with Crippen LogP contribution in [0.3, 0.4) is 0 Å². The predicted octanol–water partition coefficient (Wildman–Crippen LogP) is -0.0684. The zero-order chi connectivity index (χ0) is 18.0. The Balaban J connectivity index is 1.46. The van der Waals surface area contributed by atoms with E-state index in [0.717, 1.165) is 13.1 Å². The summed E-state index contributed by atoms with van der Waals surface area (Å²) in [6.45, 7) is 5.75. The van der Waals surface area contributed by atoms with Gasteiger partial charge in [-0.3, -0.25) is 9.69 Å².